The molecule has 1 aromatic carbocycles. The molecule has 9 nitrogen and oxygen atoms in total. The van der Waals surface area contributed by atoms with E-state index in [1.165, 1.54) is 29.0 Å². The molecule has 1 saturated carbocycles. The van der Waals surface area contributed by atoms with Crippen molar-refractivity contribution >= 4 is 33.7 Å². The SMILES string of the molecule is CN(C)CCNC(=O)Cc1ccc(C=CS(=O)(=O)N2CCC3(CC2)N=C(C2CCCCC2)NC3=O)cc1. The molecule has 0 atom stereocenters. The number of amidine groups is 1. The summed E-state index contributed by atoms with van der Waals surface area (Å²) < 4.78 is 27.4. The number of benzene rings is 1. The van der Waals surface area contributed by atoms with Gasteiger partial charge in [-0.05, 0) is 57.0 Å². The van der Waals surface area contributed by atoms with Crippen LogP contribution in [0.5, 0.6) is 0 Å². The number of nitrogens with one attached hydrogen (secondary N) is 2. The number of piperidine rings is 1. The zero-order chi connectivity index (χ0) is 26.5. The Balaban J connectivity index is 1.30. The smallest absolute Gasteiger partial charge is 0.253 e. The Bertz CT molecular complexity index is 1130. The van der Waals surface area contributed by atoms with E-state index in [2.05, 4.69) is 10.6 Å². The second-order valence-electron chi connectivity index (χ2n) is 10.6. The van der Waals surface area contributed by atoms with Crippen LogP contribution in [0.3, 0.4) is 0 Å². The summed E-state index contributed by atoms with van der Waals surface area (Å²) in [5.41, 5.74) is 0.786. The predicted molar refractivity (Wildman–Crippen MR) is 145 cm³/mol. The van der Waals surface area contributed by atoms with Gasteiger partial charge >= 0.3 is 0 Å². The predicted octanol–water partition coefficient (Wildman–Crippen LogP) is 2.15. The maximum atomic E-state index is 13.0. The summed E-state index contributed by atoms with van der Waals surface area (Å²) in [6.07, 6.45) is 8.34. The van der Waals surface area contributed by atoms with Gasteiger partial charge in [0, 0.05) is 37.5 Å². The van der Waals surface area contributed by atoms with E-state index < -0.39 is 15.6 Å². The molecule has 2 aliphatic heterocycles. The van der Waals surface area contributed by atoms with Crippen molar-refractivity contribution in [3.05, 3.63) is 40.8 Å². The minimum atomic E-state index is -3.62. The summed E-state index contributed by atoms with van der Waals surface area (Å²) in [4.78, 5) is 31.7. The van der Waals surface area contributed by atoms with Gasteiger partial charge in [0.15, 0.2) is 0 Å². The largest absolute Gasteiger partial charge is 0.355 e. The van der Waals surface area contributed by atoms with Gasteiger partial charge in [0.1, 0.15) is 11.4 Å². The average Bonchev–Trinajstić information content (AvgIpc) is 3.19. The molecule has 1 aliphatic carbocycles. The fraction of sp³-hybridized carbons (Fsp3) is 0.593. The minimum Gasteiger partial charge on any atom is -0.355 e. The third-order valence-corrected chi connectivity index (χ3v) is 9.12. The molecule has 2 N–H and O–H groups in total. The maximum absolute atomic E-state index is 13.0. The number of carbonyl (C=O) groups excluding carboxylic acids is 2. The highest BCUT2D eigenvalue weighted by atomic mass is 32.2. The molecule has 10 heteroatoms. The standard InChI is InChI=1S/C27H39N5O4S/c1-31(2)18-15-28-24(33)20-22-10-8-21(9-11-22)12-19-37(35,36)32-16-13-27(14-17-32)26(34)29-25(30-27)23-6-4-3-5-7-23/h8-12,19,23H,3-7,13-18,20H2,1-2H3,(H,28,33)(H,29,30,34). The summed E-state index contributed by atoms with van der Waals surface area (Å²) in [7, 11) is 0.288. The van der Waals surface area contributed by atoms with E-state index in [9.17, 15) is 18.0 Å². The van der Waals surface area contributed by atoms with E-state index >= 15 is 0 Å². The van der Waals surface area contributed by atoms with Gasteiger partial charge in [-0.15, -0.1) is 0 Å². The Kier molecular flexibility index (Phi) is 8.82. The first-order valence-corrected chi connectivity index (χ1v) is 14.8. The second-order valence-corrected chi connectivity index (χ2v) is 12.5. The van der Waals surface area contributed by atoms with E-state index in [0.717, 1.165) is 36.3 Å². The van der Waals surface area contributed by atoms with Crippen LogP contribution in [0, 0.1) is 5.92 Å². The summed E-state index contributed by atoms with van der Waals surface area (Å²) in [6, 6.07) is 7.29. The molecule has 1 aromatic rings. The Morgan fingerprint density at radius 3 is 2.49 bits per heavy atom. The molecule has 2 amide bonds. The Labute approximate surface area is 220 Å². The van der Waals surface area contributed by atoms with Crippen LogP contribution in [0.15, 0.2) is 34.7 Å². The molecule has 3 aliphatic rings. The van der Waals surface area contributed by atoms with Crippen LogP contribution in [0.25, 0.3) is 6.08 Å². The molecule has 1 saturated heterocycles. The summed E-state index contributed by atoms with van der Waals surface area (Å²) in [5.74, 6) is 1.02. The summed E-state index contributed by atoms with van der Waals surface area (Å²) in [5, 5.41) is 7.12. The second kappa shape index (κ2) is 11.9. The number of hydrogen-bond acceptors (Lipinski definition) is 6. The molecule has 202 valence electrons. The zero-order valence-electron chi connectivity index (χ0n) is 21.9. The van der Waals surface area contributed by atoms with Crippen molar-refractivity contribution in [3.8, 4) is 0 Å². The highest BCUT2D eigenvalue weighted by molar-refractivity contribution is 7.92. The quantitative estimate of drug-likeness (QED) is 0.509. The lowest BCUT2D eigenvalue weighted by Crippen LogP contribution is -2.50. The van der Waals surface area contributed by atoms with Gasteiger partial charge in [-0.1, -0.05) is 43.5 Å². The molecule has 0 radical (unpaired) electrons. The summed E-state index contributed by atoms with van der Waals surface area (Å²) in [6.45, 7) is 1.91. The number of sulfonamides is 1. The first kappa shape index (κ1) is 27.5. The zero-order valence-corrected chi connectivity index (χ0v) is 22.7. The lowest BCUT2D eigenvalue weighted by Gasteiger charge is -2.34. The Morgan fingerprint density at radius 2 is 1.84 bits per heavy atom. The first-order valence-electron chi connectivity index (χ1n) is 13.3. The number of likely N-dealkylation sites (N-methyl/N-ethyl adjacent to an activating group) is 1. The minimum absolute atomic E-state index is 0.0401. The lowest BCUT2D eigenvalue weighted by atomic mass is 9.88. The third kappa shape index (κ3) is 7.06. The van der Waals surface area contributed by atoms with Gasteiger partial charge in [0.25, 0.3) is 5.91 Å². The van der Waals surface area contributed by atoms with Crippen LogP contribution in [0.2, 0.25) is 0 Å². The van der Waals surface area contributed by atoms with Crippen molar-refractivity contribution in [1.82, 2.24) is 19.8 Å². The molecule has 37 heavy (non-hydrogen) atoms. The monoisotopic (exact) mass is 529 g/mol. The van der Waals surface area contributed by atoms with E-state index in [0.29, 0.717) is 25.3 Å². The van der Waals surface area contributed by atoms with Crippen LogP contribution >= 0.6 is 0 Å². The van der Waals surface area contributed by atoms with Gasteiger partial charge < -0.3 is 15.5 Å². The van der Waals surface area contributed by atoms with E-state index in [1.54, 1.807) is 6.08 Å². The fourth-order valence-electron chi connectivity index (χ4n) is 5.22. The van der Waals surface area contributed by atoms with Gasteiger partial charge in [0.2, 0.25) is 15.9 Å². The summed E-state index contributed by atoms with van der Waals surface area (Å²) >= 11 is 0. The average molecular weight is 530 g/mol. The van der Waals surface area contributed by atoms with Gasteiger partial charge in [-0.3, -0.25) is 14.6 Å². The van der Waals surface area contributed by atoms with Crippen molar-refractivity contribution in [3.63, 3.8) is 0 Å². The van der Waals surface area contributed by atoms with Gasteiger partial charge in [-0.25, -0.2) is 8.42 Å². The molecular formula is C27H39N5O4S. The van der Waals surface area contributed by atoms with Crippen molar-refractivity contribution < 1.29 is 18.0 Å². The molecule has 0 bridgehead atoms. The molecule has 4 rings (SSSR count). The fourth-order valence-corrected chi connectivity index (χ4v) is 6.42. The van der Waals surface area contributed by atoms with Crippen LogP contribution in [0.1, 0.15) is 56.1 Å². The Morgan fingerprint density at radius 1 is 1.16 bits per heavy atom. The molecule has 2 heterocycles. The number of amides is 2. The topological polar surface area (TPSA) is 111 Å². The first-order chi connectivity index (χ1) is 17.7. The van der Waals surface area contributed by atoms with Crippen LogP contribution in [-0.4, -0.2) is 81.1 Å². The van der Waals surface area contributed by atoms with Crippen LogP contribution < -0.4 is 10.6 Å². The van der Waals surface area contributed by atoms with E-state index in [1.807, 2.05) is 43.3 Å². The maximum Gasteiger partial charge on any atom is 0.253 e. The van der Waals surface area contributed by atoms with Crippen molar-refractivity contribution in [2.24, 2.45) is 10.9 Å². The molecule has 0 unspecified atom stereocenters. The van der Waals surface area contributed by atoms with Gasteiger partial charge in [0.05, 0.1) is 6.42 Å². The van der Waals surface area contributed by atoms with Crippen LogP contribution in [-0.2, 0) is 26.0 Å². The number of rotatable bonds is 9. The number of nitrogens with zero attached hydrogens (tertiary/aromatic N) is 3. The van der Waals surface area contributed by atoms with E-state index in [-0.39, 0.29) is 31.3 Å². The molecule has 0 aromatic heterocycles. The third-order valence-electron chi connectivity index (χ3n) is 7.56. The highest BCUT2D eigenvalue weighted by Crippen LogP contribution is 2.34. The molecule has 1 spiro atoms. The van der Waals surface area contributed by atoms with E-state index in [4.69, 9.17) is 4.99 Å². The number of carbonyl (C=O) groups is 2. The molecule has 2 fully saturated rings. The normalized spacial score (nSPS) is 20.9. The lowest BCUT2D eigenvalue weighted by molar-refractivity contribution is -0.125. The van der Waals surface area contributed by atoms with Crippen molar-refractivity contribution in [1.29, 1.82) is 0 Å². The van der Waals surface area contributed by atoms with Crippen LogP contribution in [0.4, 0.5) is 0 Å². The molecular weight excluding hydrogens is 490 g/mol. The highest BCUT2D eigenvalue weighted by Gasteiger charge is 2.48. The Hall–Kier alpha value is -2.56. The van der Waals surface area contributed by atoms with Crippen molar-refractivity contribution in [2.45, 2.75) is 56.9 Å². The van der Waals surface area contributed by atoms with Gasteiger partial charge in [-0.2, -0.15) is 4.31 Å². The van der Waals surface area contributed by atoms with Crippen molar-refractivity contribution in [2.75, 3.05) is 40.3 Å². The number of hydrogen-bond donors (Lipinski definition) is 2. The number of aliphatic imine (C=N–C) groups is 1.